The van der Waals surface area contributed by atoms with Crippen molar-refractivity contribution in [2.75, 3.05) is 36.4 Å². The lowest BCUT2D eigenvalue weighted by Gasteiger charge is -2.36. The third-order valence-electron chi connectivity index (χ3n) is 7.13. The van der Waals surface area contributed by atoms with Crippen LogP contribution in [0.2, 0.25) is 0 Å². The first-order valence-electron chi connectivity index (χ1n) is 13.5. The number of ether oxygens (including phenoxy) is 1. The summed E-state index contributed by atoms with van der Waals surface area (Å²) in [6.45, 7) is 10.5. The third kappa shape index (κ3) is 5.40. The molecule has 4 aromatic rings. The van der Waals surface area contributed by atoms with Gasteiger partial charge in [-0.05, 0) is 57.7 Å². The van der Waals surface area contributed by atoms with Crippen LogP contribution in [0, 0.1) is 12.7 Å². The molecular weight excluding hydrogens is 509 g/mol. The van der Waals surface area contributed by atoms with Gasteiger partial charge in [-0.1, -0.05) is 12.2 Å². The van der Waals surface area contributed by atoms with Crippen LogP contribution in [-0.2, 0) is 0 Å². The number of benzene rings is 1. The second kappa shape index (κ2) is 10.8. The van der Waals surface area contributed by atoms with Crippen LogP contribution in [0.3, 0.4) is 0 Å². The number of rotatable bonds is 9. The molecule has 0 bridgehead atoms. The van der Waals surface area contributed by atoms with Gasteiger partial charge in [0.05, 0.1) is 0 Å². The van der Waals surface area contributed by atoms with Crippen molar-refractivity contribution in [3.63, 3.8) is 0 Å². The summed E-state index contributed by atoms with van der Waals surface area (Å²) in [4.78, 5) is 20.9. The molecule has 0 unspecified atom stereocenters. The number of H-pyrrole nitrogens is 2. The van der Waals surface area contributed by atoms with Gasteiger partial charge in [-0.15, -0.1) is 0 Å². The largest absolute Gasteiger partial charge is 0.421 e. The zero-order valence-electron chi connectivity index (χ0n) is 22.6. The number of halogens is 1. The van der Waals surface area contributed by atoms with Crippen LogP contribution in [0.5, 0.6) is 11.8 Å². The summed E-state index contributed by atoms with van der Waals surface area (Å²) in [5.41, 5.74) is 2.69. The number of aromatic nitrogens is 5. The van der Waals surface area contributed by atoms with Gasteiger partial charge < -0.3 is 24.8 Å². The van der Waals surface area contributed by atoms with E-state index in [0.717, 1.165) is 30.3 Å². The minimum Gasteiger partial charge on any atom is -0.421 e. The lowest BCUT2D eigenvalue weighted by atomic mass is 10.2. The van der Waals surface area contributed by atoms with E-state index in [0.29, 0.717) is 47.4 Å². The summed E-state index contributed by atoms with van der Waals surface area (Å²) in [6, 6.07) is 9.05. The Hall–Kier alpha value is -4.67. The monoisotopic (exact) mass is 541 g/mol. The first-order chi connectivity index (χ1) is 19.5. The molecule has 4 heterocycles. The predicted octanol–water partition coefficient (Wildman–Crippen LogP) is 5.78. The number of hydrogen-bond donors (Lipinski definition) is 3. The molecular formula is C29H32FN9O. The van der Waals surface area contributed by atoms with Crippen LogP contribution in [0.4, 0.5) is 21.8 Å². The molecule has 1 aliphatic carbocycles. The number of nitrogens with zero attached hydrogens (tertiary/aromatic N) is 6. The number of aryl methyl sites for hydroxylation is 1. The van der Waals surface area contributed by atoms with Crippen LogP contribution in [0.1, 0.15) is 37.1 Å². The predicted molar refractivity (Wildman–Crippen MR) is 155 cm³/mol. The summed E-state index contributed by atoms with van der Waals surface area (Å²) in [6.07, 6.45) is 8.22. The van der Waals surface area contributed by atoms with Crippen LogP contribution in [0.15, 0.2) is 59.4 Å². The van der Waals surface area contributed by atoms with E-state index >= 15 is 4.39 Å². The number of allylic oxidation sites excluding steroid dienone is 3. The smallest absolute Gasteiger partial charge is 0.326 e. The fourth-order valence-electron chi connectivity index (χ4n) is 4.89. The highest BCUT2D eigenvalue weighted by atomic mass is 19.1. The highest BCUT2D eigenvalue weighted by molar-refractivity contribution is 5.82. The molecule has 6 rings (SSSR count). The van der Waals surface area contributed by atoms with Crippen molar-refractivity contribution in [1.82, 2.24) is 30.0 Å². The summed E-state index contributed by atoms with van der Waals surface area (Å²) in [5.74, 6) is 2.83. The maximum atomic E-state index is 15.3. The molecule has 1 saturated heterocycles. The molecule has 2 fully saturated rings. The van der Waals surface area contributed by atoms with Gasteiger partial charge in [0.25, 0.3) is 0 Å². The molecule has 0 amide bonds. The van der Waals surface area contributed by atoms with Crippen molar-refractivity contribution in [2.45, 2.75) is 32.6 Å². The number of nitrogens with one attached hydrogen (secondary N) is 3. The maximum absolute atomic E-state index is 15.3. The quantitative estimate of drug-likeness (QED) is 0.182. The van der Waals surface area contributed by atoms with E-state index in [1.807, 2.05) is 44.2 Å². The van der Waals surface area contributed by atoms with Crippen molar-refractivity contribution in [2.24, 2.45) is 4.99 Å². The van der Waals surface area contributed by atoms with Gasteiger partial charge in [0.15, 0.2) is 17.4 Å². The SMILES string of the molecule is C=N/C(=C\C=C/C)N1CCN(c2cc(Nc3cc(C4CC4)[nH]n3)nc(Oc3ccc4[nH]c(C)cc4c3F)n2)CC1. The molecule has 11 heteroatoms. The highest BCUT2D eigenvalue weighted by Crippen LogP contribution is 2.40. The fraction of sp³-hybridized carbons (Fsp3) is 0.310. The standard InChI is InChI=1S/C29H32FN9O/c1-4-5-6-26(31-3)38-11-13-39(14-12-38)27-17-24(33-25-16-22(36-37-25)19-7-8-19)34-29(35-27)40-23-10-9-21-20(28(23)30)15-18(2)32-21/h4-6,9-10,15-17,19,32H,3,7-8,11-14H2,1-2H3,(H2,33,34,35,36,37)/b5-4-,26-6+. The number of fused-ring (bicyclic) bond motifs is 1. The zero-order valence-corrected chi connectivity index (χ0v) is 22.6. The third-order valence-corrected chi connectivity index (χ3v) is 7.13. The van der Waals surface area contributed by atoms with Crippen molar-refractivity contribution in [3.05, 3.63) is 71.6 Å². The number of aliphatic imine (C=N–C) groups is 1. The number of piperazine rings is 1. The number of anilines is 3. The zero-order chi connectivity index (χ0) is 27.6. The van der Waals surface area contributed by atoms with E-state index in [1.165, 1.54) is 12.8 Å². The summed E-state index contributed by atoms with van der Waals surface area (Å²) in [5, 5.41) is 11.2. The van der Waals surface area contributed by atoms with Gasteiger partial charge >= 0.3 is 6.01 Å². The molecule has 0 atom stereocenters. The minimum atomic E-state index is -0.460. The lowest BCUT2D eigenvalue weighted by molar-refractivity contribution is 0.318. The molecule has 1 saturated carbocycles. The molecule has 0 spiro atoms. The number of hydrogen-bond acceptors (Lipinski definition) is 8. The Kier molecular flexibility index (Phi) is 6.93. The van der Waals surface area contributed by atoms with Gasteiger partial charge in [-0.2, -0.15) is 15.1 Å². The summed E-state index contributed by atoms with van der Waals surface area (Å²) >= 11 is 0. The molecule has 206 valence electrons. The first kappa shape index (κ1) is 25.6. The molecule has 40 heavy (non-hydrogen) atoms. The van der Waals surface area contributed by atoms with Crippen molar-refractivity contribution < 1.29 is 9.13 Å². The van der Waals surface area contributed by atoms with Crippen LogP contribution < -0.4 is 15.0 Å². The van der Waals surface area contributed by atoms with E-state index < -0.39 is 5.82 Å². The van der Waals surface area contributed by atoms with Gasteiger partial charge in [0, 0.05) is 66.5 Å². The second-order valence-corrected chi connectivity index (χ2v) is 10.1. The molecule has 1 aromatic carbocycles. The molecule has 3 aromatic heterocycles. The Morgan fingerprint density at radius 3 is 2.73 bits per heavy atom. The van der Waals surface area contributed by atoms with Crippen LogP contribution in [0.25, 0.3) is 10.9 Å². The summed E-state index contributed by atoms with van der Waals surface area (Å²) < 4.78 is 21.3. The molecule has 1 aliphatic heterocycles. The second-order valence-electron chi connectivity index (χ2n) is 10.1. The highest BCUT2D eigenvalue weighted by Gasteiger charge is 2.26. The molecule has 3 N–H and O–H groups in total. The fourth-order valence-corrected chi connectivity index (χ4v) is 4.89. The van der Waals surface area contributed by atoms with Crippen LogP contribution in [-0.4, -0.2) is 62.9 Å². The van der Waals surface area contributed by atoms with E-state index in [9.17, 15) is 0 Å². The van der Waals surface area contributed by atoms with Crippen molar-refractivity contribution >= 4 is 35.1 Å². The van der Waals surface area contributed by atoms with Gasteiger partial charge in [0.2, 0.25) is 0 Å². The molecule has 10 nitrogen and oxygen atoms in total. The van der Waals surface area contributed by atoms with Gasteiger partial charge in [-0.3, -0.25) is 5.10 Å². The normalized spacial score (nSPS) is 16.2. The Labute approximate surface area is 231 Å². The van der Waals surface area contributed by atoms with Gasteiger partial charge in [0.1, 0.15) is 17.5 Å². The van der Waals surface area contributed by atoms with E-state index in [1.54, 1.807) is 18.2 Å². The van der Waals surface area contributed by atoms with Crippen molar-refractivity contribution in [1.29, 1.82) is 0 Å². The average Bonchev–Trinajstić information content (AvgIpc) is 3.58. The van der Waals surface area contributed by atoms with E-state index in [4.69, 9.17) is 4.74 Å². The van der Waals surface area contributed by atoms with E-state index in [-0.39, 0.29) is 11.8 Å². The lowest BCUT2D eigenvalue weighted by Crippen LogP contribution is -2.46. The number of aromatic amines is 2. The molecule has 0 radical (unpaired) electrons. The topological polar surface area (TPSA) is 110 Å². The summed E-state index contributed by atoms with van der Waals surface area (Å²) in [7, 11) is 0. The van der Waals surface area contributed by atoms with Crippen molar-refractivity contribution in [3.8, 4) is 11.8 Å². The minimum absolute atomic E-state index is 0.0484. The van der Waals surface area contributed by atoms with Gasteiger partial charge in [-0.25, -0.2) is 9.38 Å². The average molecular weight is 542 g/mol. The van der Waals surface area contributed by atoms with E-state index in [2.05, 4.69) is 52.0 Å². The Morgan fingerprint density at radius 2 is 1.98 bits per heavy atom. The first-order valence-corrected chi connectivity index (χ1v) is 13.5. The molecule has 2 aliphatic rings. The van der Waals surface area contributed by atoms with Crippen LogP contribution >= 0.6 is 0 Å². The Morgan fingerprint density at radius 1 is 1.15 bits per heavy atom. The Bertz CT molecular complexity index is 1590. The maximum Gasteiger partial charge on any atom is 0.326 e. The Balaban J connectivity index is 1.28.